The largest absolute Gasteiger partial charge is 0.457 e. The Kier molecular flexibility index (Phi) is 5.83. The summed E-state index contributed by atoms with van der Waals surface area (Å²) in [6, 6.07) is 9.58. The lowest BCUT2D eigenvalue weighted by molar-refractivity contribution is -0.384. The molecule has 4 rings (SSSR count). The molecule has 1 aliphatic heterocycles. The van der Waals surface area contributed by atoms with Crippen molar-refractivity contribution in [3.8, 4) is 11.3 Å². The third-order valence-electron chi connectivity index (χ3n) is 4.26. The van der Waals surface area contributed by atoms with E-state index in [1.54, 1.807) is 41.3 Å². The lowest BCUT2D eigenvalue weighted by Crippen LogP contribution is -2.29. The predicted molar refractivity (Wildman–Crippen MR) is 122 cm³/mol. The number of nitrogens with zero attached hydrogens (tertiary/aromatic N) is 4. The van der Waals surface area contributed by atoms with Crippen molar-refractivity contribution in [2.75, 3.05) is 6.54 Å². The van der Waals surface area contributed by atoms with Gasteiger partial charge in [0.15, 0.2) is 5.17 Å². The molecule has 10 heteroatoms. The lowest BCUT2D eigenvalue weighted by atomic mass is 10.1. The van der Waals surface area contributed by atoms with Gasteiger partial charge in [-0.05, 0) is 43.0 Å². The number of aryl methyl sites for hydroxylation is 1. The van der Waals surface area contributed by atoms with Crippen molar-refractivity contribution in [2.24, 2.45) is 4.99 Å². The molecule has 8 nitrogen and oxygen atoms in total. The summed E-state index contributed by atoms with van der Waals surface area (Å²) in [5.74, 6) is 0.853. The average Bonchev–Trinajstić information content (AvgIpc) is 3.45. The summed E-state index contributed by atoms with van der Waals surface area (Å²) in [7, 11) is 0. The number of aliphatic imine (C=N–C) groups is 1. The molecule has 3 heterocycles. The SMILES string of the molecule is C=CCN1C(=O)/C(=C\c2ccc(-c3ccc([N+](=O)[O-])cc3)o2)S/C1=N/c1nc(C)cs1. The summed E-state index contributed by atoms with van der Waals surface area (Å²) in [6.45, 7) is 5.94. The van der Waals surface area contributed by atoms with Crippen LogP contribution in [0.2, 0.25) is 0 Å². The Morgan fingerprint density at radius 1 is 1.29 bits per heavy atom. The molecule has 156 valence electrons. The van der Waals surface area contributed by atoms with Crippen molar-refractivity contribution < 1.29 is 14.1 Å². The predicted octanol–water partition coefficient (Wildman–Crippen LogP) is 5.41. The van der Waals surface area contributed by atoms with Crippen LogP contribution in [0.1, 0.15) is 11.5 Å². The maximum absolute atomic E-state index is 12.9. The number of amides is 1. The normalized spacial score (nSPS) is 16.4. The van der Waals surface area contributed by atoms with Gasteiger partial charge in [0.25, 0.3) is 11.6 Å². The first-order valence-electron chi connectivity index (χ1n) is 9.12. The number of benzene rings is 1. The molecular formula is C21H16N4O4S2. The molecular weight excluding hydrogens is 436 g/mol. The number of aromatic nitrogens is 1. The van der Waals surface area contributed by atoms with E-state index in [0.29, 0.717) is 38.8 Å². The Labute approximate surface area is 185 Å². The van der Waals surface area contributed by atoms with Gasteiger partial charge in [-0.2, -0.15) is 4.99 Å². The molecule has 1 fully saturated rings. The molecule has 0 unspecified atom stereocenters. The molecule has 0 radical (unpaired) electrons. The molecule has 0 atom stereocenters. The number of nitro benzene ring substituents is 1. The maximum atomic E-state index is 12.9. The zero-order valence-electron chi connectivity index (χ0n) is 16.3. The van der Waals surface area contributed by atoms with E-state index in [9.17, 15) is 14.9 Å². The monoisotopic (exact) mass is 452 g/mol. The fourth-order valence-corrected chi connectivity index (χ4v) is 4.51. The van der Waals surface area contributed by atoms with Gasteiger partial charge in [0.1, 0.15) is 11.5 Å². The van der Waals surface area contributed by atoms with Gasteiger partial charge in [0.05, 0.1) is 15.5 Å². The van der Waals surface area contributed by atoms with Gasteiger partial charge in [-0.15, -0.1) is 17.9 Å². The highest BCUT2D eigenvalue weighted by Crippen LogP contribution is 2.35. The first-order valence-corrected chi connectivity index (χ1v) is 10.8. The van der Waals surface area contributed by atoms with E-state index in [-0.39, 0.29) is 11.6 Å². The number of thioether (sulfide) groups is 1. The molecule has 0 N–H and O–H groups in total. The molecule has 0 spiro atoms. The van der Waals surface area contributed by atoms with Crippen LogP contribution < -0.4 is 0 Å². The van der Waals surface area contributed by atoms with E-state index >= 15 is 0 Å². The van der Waals surface area contributed by atoms with Crippen molar-refractivity contribution in [2.45, 2.75) is 6.92 Å². The minimum Gasteiger partial charge on any atom is -0.457 e. The highest BCUT2D eigenvalue weighted by Gasteiger charge is 2.33. The summed E-state index contributed by atoms with van der Waals surface area (Å²) in [4.78, 5) is 34.1. The fraction of sp³-hybridized carbons (Fsp3) is 0.0952. The number of carbonyl (C=O) groups excluding carboxylic acids is 1. The quantitative estimate of drug-likeness (QED) is 0.214. The number of hydrogen-bond acceptors (Lipinski definition) is 8. The molecule has 31 heavy (non-hydrogen) atoms. The maximum Gasteiger partial charge on any atom is 0.269 e. The minimum atomic E-state index is -0.453. The first-order chi connectivity index (χ1) is 14.9. The van der Waals surface area contributed by atoms with Crippen molar-refractivity contribution in [1.29, 1.82) is 0 Å². The number of rotatable bonds is 6. The van der Waals surface area contributed by atoms with Gasteiger partial charge < -0.3 is 4.42 Å². The Hall–Kier alpha value is -3.50. The van der Waals surface area contributed by atoms with E-state index in [2.05, 4.69) is 16.6 Å². The van der Waals surface area contributed by atoms with Crippen LogP contribution in [0.15, 0.2) is 68.7 Å². The van der Waals surface area contributed by atoms with Crippen LogP contribution >= 0.6 is 23.1 Å². The van der Waals surface area contributed by atoms with Crippen molar-refractivity contribution in [3.05, 3.63) is 80.9 Å². The van der Waals surface area contributed by atoms with Crippen molar-refractivity contribution >= 4 is 51.1 Å². The highest BCUT2D eigenvalue weighted by atomic mass is 32.2. The Bertz CT molecular complexity index is 1220. The minimum absolute atomic E-state index is 0.00940. The van der Waals surface area contributed by atoms with Crippen LogP contribution in [0.4, 0.5) is 10.8 Å². The molecule has 1 amide bonds. The van der Waals surface area contributed by atoms with Gasteiger partial charge in [-0.1, -0.05) is 6.08 Å². The molecule has 0 aliphatic carbocycles. The summed E-state index contributed by atoms with van der Waals surface area (Å²) >= 11 is 2.66. The van der Waals surface area contributed by atoms with Gasteiger partial charge in [0, 0.05) is 35.7 Å². The zero-order valence-corrected chi connectivity index (χ0v) is 18.0. The van der Waals surface area contributed by atoms with Crippen LogP contribution in [0.5, 0.6) is 0 Å². The van der Waals surface area contributed by atoms with E-state index in [1.807, 2.05) is 12.3 Å². The third kappa shape index (κ3) is 4.49. The van der Waals surface area contributed by atoms with Gasteiger partial charge in [-0.25, -0.2) is 4.98 Å². The summed E-state index contributed by atoms with van der Waals surface area (Å²) in [5.41, 5.74) is 1.59. The van der Waals surface area contributed by atoms with Crippen LogP contribution in [0, 0.1) is 17.0 Å². The van der Waals surface area contributed by atoms with Crippen molar-refractivity contribution in [1.82, 2.24) is 9.88 Å². The number of amidine groups is 1. The van der Waals surface area contributed by atoms with Gasteiger partial charge in [-0.3, -0.25) is 19.8 Å². The molecule has 3 aromatic rings. The summed E-state index contributed by atoms with van der Waals surface area (Å²) in [5, 5.41) is 13.8. The Morgan fingerprint density at radius 2 is 2.06 bits per heavy atom. The number of furan rings is 1. The second-order valence-electron chi connectivity index (χ2n) is 6.49. The molecule has 1 aromatic carbocycles. The topological polar surface area (TPSA) is 102 Å². The Morgan fingerprint density at radius 3 is 2.71 bits per heavy atom. The van der Waals surface area contributed by atoms with Crippen molar-refractivity contribution in [3.63, 3.8) is 0 Å². The summed E-state index contributed by atoms with van der Waals surface area (Å²) < 4.78 is 5.83. The average molecular weight is 453 g/mol. The number of non-ortho nitro benzene ring substituents is 1. The van der Waals surface area contributed by atoms with E-state index in [0.717, 1.165) is 5.69 Å². The second kappa shape index (κ2) is 8.70. The van der Waals surface area contributed by atoms with Crippen LogP contribution in [0.25, 0.3) is 17.4 Å². The van der Waals surface area contributed by atoms with Gasteiger partial charge in [0.2, 0.25) is 5.13 Å². The number of hydrogen-bond donors (Lipinski definition) is 0. The van der Waals surface area contributed by atoms with Crippen LogP contribution in [-0.2, 0) is 4.79 Å². The van der Waals surface area contributed by atoms with E-state index < -0.39 is 4.92 Å². The highest BCUT2D eigenvalue weighted by molar-refractivity contribution is 8.18. The van der Waals surface area contributed by atoms with Crippen LogP contribution in [0.3, 0.4) is 0 Å². The van der Waals surface area contributed by atoms with E-state index in [4.69, 9.17) is 4.42 Å². The lowest BCUT2D eigenvalue weighted by Gasteiger charge is -2.11. The standard InChI is InChI=1S/C21H16N4O4S2/c1-3-10-24-19(26)18(31-21(24)23-20-22-13(2)12-30-20)11-16-8-9-17(29-16)14-4-6-15(7-5-14)25(27)28/h3-9,11-12H,1,10H2,2H3/b18-11+,23-21+. The number of thiazole rings is 1. The third-order valence-corrected chi connectivity index (χ3v) is 6.12. The smallest absolute Gasteiger partial charge is 0.269 e. The number of nitro groups is 1. The fourth-order valence-electron chi connectivity index (χ4n) is 2.82. The molecule has 1 aliphatic rings. The number of carbonyl (C=O) groups is 1. The summed E-state index contributed by atoms with van der Waals surface area (Å²) in [6.07, 6.45) is 3.30. The van der Waals surface area contributed by atoms with Crippen LogP contribution in [-0.4, -0.2) is 32.4 Å². The molecule has 0 bridgehead atoms. The molecule has 0 saturated carbocycles. The second-order valence-corrected chi connectivity index (χ2v) is 8.33. The zero-order chi connectivity index (χ0) is 22.0. The Balaban J connectivity index is 1.59. The van der Waals surface area contributed by atoms with E-state index in [1.165, 1.54) is 35.2 Å². The van der Waals surface area contributed by atoms with Gasteiger partial charge >= 0.3 is 0 Å². The molecule has 2 aromatic heterocycles. The molecule has 1 saturated heterocycles. The first kappa shape index (κ1) is 20.8.